The van der Waals surface area contributed by atoms with Crippen molar-refractivity contribution < 1.29 is 9.59 Å². The van der Waals surface area contributed by atoms with E-state index in [9.17, 15) is 9.59 Å². The van der Waals surface area contributed by atoms with Gasteiger partial charge in [0.05, 0.1) is 0 Å². The Morgan fingerprint density at radius 1 is 0.882 bits per heavy atom. The number of amides is 1. The number of carbonyl (C=O) groups excluding carboxylic acids is 2. The zero-order valence-electron chi connectivity index (χ0n) is 11.4. The Bertz CT molecular complexity index is 214. The SMILES string of the molecule is CCCCCCCC(=O)CCCCNC(C)=O. The van der Waals surface area contributed by atoms with Gasteiger partial charge in [0, 0.05) is 26.3 Å². The largest absolute Gasteiger partial charge is 0.356 e. The number of hydrogen-bond donors (Lipinski definition) is 1. The predicted octanol–water partition coefficient (Wildman–Crippen LogP) is 3.22. The summed E-state index contributed by atoms with van der Waals surface area (Å²) in [6.07, 6.45) is 9.23. The highest BCUT2D eigenvalue weighted by Gasteiger charge is 2.01. The summed E-state index contributed by atoms with van der Waals surface area (Å²) in [5.74, 6) is 0.386. The molecule has 0 rings (SSSR count). The summed E-state index contributed by atoms with van der Waals surface area (Å²) >= 11 is 0. The first-order chi connectivity index (χ1) is 8.16. The number of ketones is 1. The lowest BCUT2D eigenvalue weighted by Gasteiger charge is -2.02. The molecular weight excluding hydrogens is 214 g/mol. The highest BCUT2D eigenvalue weighted by Crippen LogP contribution is 2.07. The second kappa shape index (κ2) is 11.6. The molecule has 100 valence electrons. The summed E-state index contributed by atoms with van der Waals surface area (Å²) in [6.45, 7) is 4.40. The zero-order valence-corrected chi connectivity index (χ0v) is 11.4. The van der Waals surface area contributed by atoms with Crippen molar-refractivity contribution in [1.82, 2.24) is 5.32 Å². The first kappa shape index (κ1) is 16.1. The monoisotopic (exact) mass is 241 g/mol. The average Bonchev–Trinajstić information content (AvgIpc) is 2.28. The van der Waals surface area contributed by atoms with E-state index in [0.717, 1.165) is 25.7 Å². The molecule has 0 aromatic carbocycles. The van der Waals surface area contributed by atoms with Gasteiger partial charge in [0.2, 0.25) is 5.91 Å². The summed E-state index contributed by atoms with van der Waals surface area (Å²) in [5.41, 5.74) is 0. The van der Waals surface area contributed by atoms with Crippen LogP contribution in [0.4, 0.5) is 0 Å². The molecule has 3 heteroatoms. The molecule has 0 radical (unpaired) electrons. The molecule has 0 aliphatic carbocycles. The van der Waals surface area contributed by atoms with Crippen molar-refractivity contribution in [3.8, 4) is 0 Å². The third-order valence-corrected chi connectivity index (χ3v) is 2.82. The van der Waals surface area contributed by atoms with Crippen molar-refractivity contribution in [2.75, 3.05) is 6.54 Å². The Morgan fingerprint density at radius 3 is 2.06 bits per heavy atom. The molecule has 0 saturated heterocycles. The second-order valence-electron chi connectivity index (χ2n) is 4.64. The first-order valence-corrected chi connectivity index (χ1v) is 6.93. The molecule has 0 heterocycles. The molecule has 0 saturated carbocycles. The maximum atomic E-state index is 11.5. The van der Waals surface area contributed by atoms with Crippen molar-refractivity contribution in [1.29, 1.82) is 0 Å². The molecule has 1 N–H and O–H groups in total. The van der Waals surface area contributed by atoms with Crippen LogP contribution in [0.15, 0.2) is 0 Å². The minimum absolute atomic E-state index is 0.00671. The molecule has 17 heavy (non-hydrogen) atoms. The van der Waals surface area contributed by atoms with E-state index in [1.54, 1.807) is 0 Å². The maximum Gasteiger partial charge on any atom is 0.216 e. The molecule has 1 amide bonds. The van der Waals surface area contributed by atoms with Crippen LogP contribution < -0.4 is 5.32 Å². The van der Waals surface area contributed by atoms with E-state index < -0.39 is 0 Å². The molecule has 0 aliphatic heterocycles. The third-order valence-electron chi connectivity index (χ3n) is 2.82. The fourth-order valence-electron chi connectivity index (χ4n) is 1.76. The van der Waals surface area contributed by atoms with E-state index in [1.807, 2.05) is 0 Å². The Labute approximate surface area is 105 Å². The van der Waals surface area contributed by atoms with E-state index in [1.165, 1.54) is 32.6 Å². The molecule has 0 spiro atoms. The van der Waals surface area contributed by atoms with Crippen LogP contribution in [-0.4, -0.2) is 18.2 Å². The van der Waals surface area contributed by atoms with Crippen LogP contribution in [-0.2, 0) is 9.59 Å². The molecule has 0 atom stereocenters. The topological polar surface area (TPSA) is 46.2 Å². The summed E-state index contributed by atoms with van der Waals surface area (Å²) < 4.78 is 0. The van der Waals surface area contributed by atoms with Crippen LogP contribution in [0.2, 0.25) is 0 Å². The van der Waals surface area contributed by atoms with E-state index in [4.69, 9.17) is 0 Å². The van der Waals surface area contributed by atoms with E-state index in [0.29, 0.717) is 18.7 Å². The van der Waals surface area contributed by atoms with Crippen LogP contribution in [0, 0.1) is 0 Å². The molecular formula is C14H27NO2. The standard InChI is InChI=1S/C14H27NO2/c1-3-4-5-6-7-10-14(17)11-8-9-12-15-13(2)16/h3-12H2,1-2H3,(H,15,16). The van der Waals surface area contributed by atoms with E-state index >= 15 is 0 Å². The van der Waals surface area contributed by atoms with Gasteiger partial charge in [0.1, 0.15) is 5.78 Å². The lowest BCUT2D eigenvalue weighted by molar-refractivity contribution is -0.119. The number of nitrogens with one attached hydrogen (secondary N) is 1. The fourth-order valence-corrected chi connectivity index (χ4v) is 1.76. The Kier molecular flexibility index (Phi) is 11.0. The van der Waals surface area contributed by atoms with E-state index in [-0.39, 0.29) is 5.91 Å². The number of rotatable bonds is 11. The Balaban J connectivity index is 3.20. The summed E-state index contributed by atoms with van der Waals surface area (Å²) in [6, 6.07) is 0. The van der Waals surface area contributed by atoms with Crippen molar-refractivity contribution in [2.45, 2.75) is 71.6 Å². The average molecular weight is 241 g/mol. The highest BCUT2D eigenvalue weighted by atomic mass is 16.1. The zero-order chi connectivity index (χ0) is 12.9. The lowest BCUT2D eigenvalue weighted by atomic mass is 10.1. The van der Waals surface area contributed by atoms with Gasteiger partial charge in [-0.25, -0.2) is 0 Å². The van der Waals surface area contributed by atoms with Gasteiger partial charge in [-0.2, -0.15) is 0 Å². The molecule has 0 unspecified atom stereocenters. The normalized spacial score (nSPS) is 10.2. The van der Waals surface area contributed by atoms with Gasteiger partial charge >= 0.3 is 0 Å². The highest BCUT2D eigenvalue weighted by molar-refractivity contribution is 5.78. The Morgan fingerprint density at radius 2 is 1.47 bits per heavy atom. The van der Waals surface area contributed by atoms with Crippen molar-refractivity contribution in [3.05, 3.63) is 0 Å². The number of hydrogen-bond acceptors (Lipinski definition) is 2. The molecule has 0 aromatic heterocycles. The fraction of sp³-hybridized carbons (Fsp3) is 0.857. The third kappa shape index (κ3) is 13.1. The van der Waals surface area contributed by atoms with Crippen molar-refractivity contribution in [3.63, 3.8) is 0 Å². The van der Waals surface area contributed by atoms with Gasteiger partial charge in [-0.15, -0.1) is 0 Å². The van der Waals surface area contributed by atoms with Crippen LogP contribution in [0.1, 0.15) is 71.6 Å². The molecule has 0 bridgehead atoms. The van der Waals surface area contributed by atoms with Gasteiger partial charge in [0.15, 0.2) is 0 Å². The van der Waals surface area contributed by atoms with Gasteiger partial charge in [-0.1, -0.05) is 32.6 Å². The van der Waals surface area contributed by atoms with Gasteiger partial charge in [-0.05, 0) is 19.3 Å². The molecule has 0 aliphatic rings. The van der Waals surface area contributed by atoms with Crippen LogP contribution >= 0.6 is 0 Å². The number of unbranched alkanes of at least 4 members (excludes halogenated alkanes) is 5. The van der Waals surface area contributed by atoms with Crippen molar-refractivity contribution in [2.24, 2.45) is 0 Å². The second-order valence-corrected chi connectivity index (χ2v) is 4.64. The number of carbonyl (C=O) groups is 2. The van der Waals surface area contributed by atoms with E-state index in [2.05, 4.69) is 12.2 Å². The smallest absolute Gasteiger partial charge is 0.216 e. The lowest BCUT2D eigenvalue weighted by Crippen LogP contribution is -2.20. The summed E-state index contributed by atoms with van der Waals surface area (Å²) in [4.78, 5) is 22.1. The van der Waals surface area contributed by atoms with Gasteiger partial charge in [0.25, 0.3) is 0 Å². The Hall–Kier alpha value is -0.860. The molecule has 0 fully saturated rings. The van der Waals surface area contributed by atoms with Crippen molar-refractivity contribution >= 4 is 11.7 Å². The van der Waals surface area contributed by atoms with Gasteiger partial charge < -0.3 is 5.32 Å². The van der Waals surface area contributed by atoms with Crippen LogP contribution in [0.25, 0.3) is 0 Å². The summed E-state index contributed by atoms with van der Waals surface area (Å²) in [7, 11) is 0. The summed E-state index contributed by atoms with van der Waals surface area (Å²) in [5, 5.41) is 2.74. The van der Waals surface area contributed by atoms with Crippen LogP contribution in [0.3, 0.4) is 0 Å². The number of Topliss-reactive ketones (excluding diaryl/α,β-unsaturated/α-hetero) is 1. The van der Waals surface area contributed by atoms with Crippen LogP contribution in [0.5, 0.6) is 0 Å². The predicted molar refractivity (Wildman–Crippen MR) is 70.9 cm³/mol. The maximum absolute atomic E-state index is 11.5. The van der Waals surface area contributed by atoms with Gasteiger partial charge in [-0.3, -0.25) is 9.59 Å². The molecule has 0 aromatic rings. The quantitative estimate of drug-likeness (QED) is 0.564. The molecule has 3 nitrogen and oxygen atoms in total. The minimum Gasteiger partial charge on any atom is -0.356 e. The minimum atomic E-state index is 0.00671. The first-order valence-electron chi connectivity index (χ1n) is 6.93.